The number of sulfonamides is 1. The van der Waals surface area contributed by atoms with Crippen LogP contribution in [0.1, 0.15) is 16.7 Å². The Hall–Kier alpha value is -2.64. The lowest BCUT2D eigenvalue weighted by molar-refractivity contribution is -0.119. The third kappa shape index (κ3) is 5.49. The lowest BCUT2D eigenvalue weighted by atomic mass is 10.1. The van der Waals surface area contributed by atoms with E-state index in [1.165, 1.54) is 0 Å². The number of aryl methyl sites for hydroxylation is 2. The van der Waals surface area contributed by atoms with Crippen molar-refractivity contribution >= 4 is 37.5 Å². The van der Waals surface area contributed by atoms with Crippen LogP contribution in [-0.4, -0.2) is 20.9 Å². The Kier molecular flexibility index (Phi) is 6.95. The molecule has 30 heavy (non-hydrogen) atoms. The summed E-state index contributed by atoms with van der Waals surface area (Å²) in [7, 11) is -3.91. The van der Waals surface area contributed by atoms with Crippen LogP contribution in [-0.2, 0) is 21.4 Å². The van der Waals surface area contributed by atoms with E-state index in [0.29, 0.717) is 12.2 Å². The van der Waals surface area contributed by atoms with Gasteiger partial charge in [0.15, 0.2) is 0 Å². The molecule has 3 rings (SSSR count). The van der Waals surface area contributed by atoms with Gasteiger partial charge in [0.2, 0.25) is 5.91 Å². The van der Waals surface area contributed by atoms with Crippen molar-refractivity contribution < 1.29 is 13.2 Å². The van der Waals surface area contributed by atoms with Crippen molar-refractivity contribution in [2.75, 3.05) is 10.8 Å². The van der Waals surface area contributed by atoms with Gasteiger partial charge < -0.3 is 5.32 Å². The number of hydrogen-bond acceptors (Lipinski definition) is 3. The number of benzene rings is 3. The average Bonchev–Trinajstić information content (AvgIpc) is 2.72. The van der Waals surface area contributed by atoms with Crippen LogP contribution in [0.2, 0.25) is 0 Å². The van der Waals surface area contributed by atoms with E-state index in [-0.39, 0.29) is 17.3 Å². The molecule has 156 valence electrons. The molecule has 5 nitrogen and oxygen atoms in total. The smallest absolute Gasteiger partial charge is 0.264 e. The first-order valence-electron chi connectivity index (χ1n) is 9.43. The molecular formula is C23H23BrN2O3S. The van der Waals surface area contributed by atoms with Crippen LogP contribution in [0.25, 0.3) is 0 Å². The van der Waals surface area contributed by atoms with Gasteiger partial charge in [0.1, 0.15) is 6.54 Å². The third-order valence-electron chi connectivity index (χ3n) is 4.62. The Balaban J connectivity index is 1.84. The number of amides is 1. The molecule has 3 aromatic carbocycles. The topological polar surface area (TPSA) is 66.5 Å². The molecule has 0 bridgehead atoms. The number of anilines is 1. The lowest BCUT2D eigenvalue weighted by Crippen LogP contribution is -2.40. The monoisotopic (exact) mass is 486 g/mol. The number of nitrogens with zero attached hydrogens (tertiary/aromatic N) is 1. The van der Waals surface area contributed by atoms with Crippen molar-refractivity contribution in [1.29, 1.82) is 0 Å². The van der Waals surface area contributed by atoms with E-state index in [4.69, 9.17) is 0 Å². The van der Waals surface area contributed by atoms with E-state index in [1.54, 1.807) is 48.5 Å². The summed E-state index contributed by atoms with van der Waals surface area (Å²) in [5.41, 5.74) is 3.46. The fraction of sp³-hybridized carbons (Fsp3) is 0.174. The zero-order chi connectivity index (χ0) is 21.7. The molecule has 0 radical (unpaired) electrons. The SMILES string of the molecule is Cc1ccc(CNC(=O)CN(c2ccc(Br)cc2)S(=O)(=O)c2ccc(C)cc2)cc1. The minimum Gasteiger partial charge on any atom is -0.350 e. The number of nitrogens with one attached hydrogen (secondary N) is 1. The zero-order valence-corrected chi connectivity index (χ0v) is 19.2. The van der Waals surface area contributed by atoms with Crippen LogP contribution in [0.15, 0.2) is 82.2 Å². The van der Waals surface area contributed by atoms with Crippen LogP contribution in [0.3, 0.4) is 0 Å². The van der Waals surface area contributed by atoms with E-state index in [9.17, 15) is 13.2 Å². The second-order valence-corrected chi connectivity index (χ2v) is 9.84. The largest absolute Gasteiger partial charge is 0.350 e. The maximum absolute atomic E-state index is 13.3. The van der Waals surface area contributed by atoms with Crippen LogP contribution >= 0.6 is 15.9 Å². The van der Waals surface area contributed by atoms with Crippen molar-refractivity contribution in [2.24, 2.45) is 0 Å². The summed E-state index contributed by atoms with van der Waals surface area (Å²) in [4.78, 5) is 12.8. The fourth-order valence-corrected chi connectivity index (χ4v) is 4.54. The highest BCUT2D eigenvalue weighted by atomic mass is 79.9. The molecular weight excluding hydrogens is 464 g/mol. The molecule has 1 N–H and O–H groups in total. The normalized spacial score (nSPS) is 11.2. The minimum atomic E-state index is -3.91. The van der Waals surface area contributed by atoms with Gasteiger partial charge in [-0.1, -0.05) is 63.5 Å². The van der Waals surface area contributed by atoms with Crippen LogP contribution in [0, 0.1) is 13.8 Å². The van der Waals surface area contributed by atoms with E-state index < -0.39 is 10.0 Å². The second-order valence-electron chi connectivity index (χ2n) is 7.06. The molecule has 0 aliphatic carbocycles. The third-order valence-corrected chi connectivity index (χ3v) is 6.94. The molecule has 0 aromatic heterocycles. The first-order valence-corrected chi connectivity index (χ1v) is 11.7. The highest BCUT2D eigenvalue weighted by Crippen LogP contribution is 2.25. The number of hydrogen-bond donors (Lipinski definition) is 1. The van der Waals surface area contributed by atoms with Crippen molar-refractivity contribution in [2.45, 2.75) is 25.3 Å². The molecule has 0 saturated heterocycles. The van der Waals surface area contributed by atoms with Crippen molar-refractivity contribution in [3.8, 4) is 0 Å². The molecule has 0 saturated carbocycles. The molecule has 0 aliphatic heterocycles. The quantitative estimate of drug-likeness (QED) is 0.531. The summed E-state index contributed by atoms with van der Waals surface area (Å²) >= 11 is 3.36. The van der Waals surface area contributed by atoms with E-state index >= 15 is 0 Å². The molecule has 7 heteroatoms. The Morgan fingerprint density at radius 3 is 1.97 bits per heavy atom. The van der Waals surface area contributed by atoms with Gasteiger partial charge in [-0.3, -0.25) is 9.10 Å². The second kappa shape index (κ2) is 9.45. The van der Waals surface area contributed by atoms with Crippen molar-refractivity contribution in [3.63, 3.8) is 0 Å². The van der Waals surface area contributed by atoms with Gasteiger partial charge in [-0.25, -0.2) is 8.42 Å². The summed E-state index contributed by atoms with van der Waals surface area (Å²) in [6.45, 7) is 3.90. The number of rotatable bonds is 7. The summed E-state index contributed by atoms with van der Waals surface area (Å²) in [5.74, 6) is -0.380. The minimum absolute atomic E-state index is 0.141. The van der Waals surface area contributed by atoms with Gasteiger partial charge >= 0.3 is 0 Å². The lowest BCUT2D eigenvalue weighted by Gasteiger charge is -2.24. The summed E-state index contributed by atoms with van der Waals surface area (Å²) in [5, 5.41) is 2.81. The Bertz CT molecular complexity index is 1110. The van der Waals surface area contributed by atoms with Gasteiger partial charge in [0, 0.05) is 11.0 Å². The molecule has 3 aromatic rings. The van der Waals surface area contributed by atoms with Crippen molar-refractivity contribution in [3.05, 3.63) is 94.0 Å². The highest BCUT2D eigenvalue weighted by molar-refractivity contribution is 9.10. The predicted molar refractivity (Wildman–Crippen MR) is 123 cm³/mol. The van der Waals surface area contributed by atoms with E-state index in [2.05, 4.69) is 21.2 Å². The van der Waals surface area contributed by atoms with Crippen molar-refractivity contribution in [1.82, 2.24) is 5.32 Å². The number of carbonyl (C=O) groups excluding carboxylic acids is 1. The summed E-state index contributed by atoms with van der Waals surface area (Å²) < 4.78 is 28.6. The molecule has 1 amide bonds. The molecule has 0 spiro atoms. The van der Waals surface area contributed by atoms with E-state index in [0.717, 1.165) is 25.5 Å². The van der Waals surface area contributed by atoms with Gasteiger partial charge in [-0.15, -0.1) is 0 Å². The van der Waals surface area contributed by atoms with Gasteiger partial charge in [0.25, 0.3) is 10.0 Å². The first kappa shape index (κ1) is 22.1. The van der Waals surface area contributed by atoms with Gasteiger partial charge in [0.05, 0.1) is 10.6 Å². The first-order chi connectivity index (χ1) is 14.3. The Morgan fingerprint density at radius 1 is 0.867 bits per heavy atom. The predicted octanol–water partition coefficient (Wildman–Crippen LogP) is 4.58. The maximum Gasteiger partial charge on any atom is 0.264 e. The molecule has 0 atom stereocenters. The number of halogens is 1. The van der Waals surface area contributed by atoms with E-state index in [1.807, 2.05) is 38.1 Å². The molecule has 0 fully saturated rings. The molecule has 0 unspecified atom stereocenters. The van der Waals surface area contributed by atoms with Crippen LogP contribution in [0.5, 0.6) is 0 Å². The molecule has 0 heterocycles. The fourth-order valence-electron chi connectivity index (χ4n) is 2.85. The van der Waals surface area contributed by atoms with Crippen LogP contribution in [0.4, 0.5) is 5.69 Å². The maximum atomic E-state index is 13.3. The molecule has 0 aliphatic rings. The zero-order valence-electron chi connectivity index (χ0n) is 16.8. The standard InChI is InChI=1S/C23H23BrN2O3S/c1-17-3-7-19(8-4-17)15-25-23(27)16-26(21-11-9-20(24)10-12-21)30(28,29)22-13-5-18(2)6-14-22/h3-14H,15-16H2,1-2H3,(H,25,27). The Labute approximate surface area is 185 Å². The number of carbonyl (C=O) groups is 1. The van der Waals surface area contributed by atoms with Gasteiger partial charge in [-0.2, -0.15) is 0 Å². The summed E-state index contributed by atoms with van der Waals surface area (Å²) in [6, 6.07) is 21.2. The average molecular weight is 487 g/mol. The van der Waals surface area contributed by atoms with Gasteiger partial charge in [-0.05, 0) is 55.8 Å². The summed E-state index contributed by atoms with van der Waals surface area (Å²) in [6.07, 6.45) is 0. The highest BCUT2D eigenvalue weighted by Gasteiger charge is 2.27. The van der Waals surface area contributed by atoms with Crippen LogP contribution < -0.4 is 9.62 Å². The Morgan fingerprint density at radius 2 is 1.40 bits per heavy atom.